The molecule has 8 nitrogen and oxygen atoms in total. The summed E-state index contributed by atoms with van der Waals surface area (Å²) in [5, 5.41) is 2.26. The zero-order valence-electron chi connectivity index (χ0n) is 10.6. The van der Waals surface area contributed by atoms with Crippen molar-refractivity contribution < 1.29 is 31.7 Å². The number of hydrogen-bond donors (Lipinski definition) is 1. The van der Waals surface area contributed by atoms with Gasteiger partial charge in [-0.15, -0.1) is 0 Å². The molecule has 0 fully saturated rings. The Hall–Kier alpha value is -1.19. The molecule has 0 aromatic carbocycles. The molecule has 18 heavy (non-hydrogen) atoms. The van der Waals surface area contributed by atoms with Crippen molar-refractivity contribution in [2.75, 3.05) is 27.1 Å². The molecule has 0 aliphatic rings. The number of nitrogens with one attached hydrogen (secondary N) is 1. The van der Waals surface area contributed by atoms with Gasteiger partial charge < -0.3 is 14.8 Å². The average Bonchev–Trinajstić information content (AvgIpc) is 2.22. The number of carbonyl (C=O) groups excluding carboxylic acids is 2. The van der Waals surface area contributed by atoms with Crippen molar-refractivity contribution in [1.29, 1.82) is 0 Å². The Bertz CT molecular complexity index is 392. The highest BCUT2D eigenvalue weighted by atomic mass is 32.2. The average molecular weight is 283 g/mol. The second-order valence-electron chi connectivity index (χ2n) is 3.50. The van der Waals surface area contributed by atoms with Gasteiger partial charge in [-0.3, -0.25) is 8.98 Å². The van der Waals surface area contributed by atoms with Gasteiger partial charge in [0.05, 0.1) is 20.0 Å². The number of carbonyl (C=O) groups is 2. The molecule has 0 radical (unpaired) electrons. The van der Waals surface area contributed by atoms with Crippen LogP contribution in [0.2, 0.25) is 0 Å². The molecule has 0 saturated carbocycles. The minimum atomic E-state index is -3.81. The van der Waals surface area contributed by atoms with E-state index in [-0.39, 0.29) is 6.61 Å². The highest BCUT2D eigenvalue weighted by molar-refractivity contribution is 7.86. The predicted octanol–water partition coefficient (Wildman–Crippen LogP) is -1.34. The van der Waals surface area contributed by atoms with Crippen molar-refractivity contribution in [2.45, 2.75) is 19.1 Å². The van der Waals surface area contributed by atoms with Crippen molar-refractivity contribution in [1.82, 2.24) is 5.32 Å². The summed E-state index contributed by atoms with van der Waals surface area (Å²) in [6.07, 6.45) is -0.362. The van der Waals surface area contributed by atoms with Gasteiger partial charge in [0.15, 0.2) is 6.04 Å². The summed E-state index contributed by atoms with van der Waals surface area (Å²) in [4.78, 5) is 22.5. The second kappa shape index (κ2) is 7.29. The van der Waals surface area contributed by atoms with E-state index >= 15 is 0 Å². The summed E-state index contributed by atoms with van der Waals surface area (Å²) in [5.41, 5.74) is 0. The van der Waals surface area contributed by atoms with Crippen LogP contribution in [0, 0.1) is 0 Å². The Labute approximate surface area is 106 Å². The first-order chi connectivity index (χ1) is 8.21. The van der Waals surface area contributed by atoms with E-state index in [1.165, 1.54) is 14.0 Å². The first-order valence-electron chi connectivity index (χ1n) is 4.93. The van der Waals surface area contributed by atoms with Gasteiger partial charge in [0, 0.05) is 14.0 Å². The fourth-order valence-electron chi connectivity index (χ4n) is 1.22. The minimum Gasteiger partial charge on any atom is -0.467 e. The van der Waals surface area contributed by atoms with Gasteiger partial charge in [-0.2, -0.15) is 8.42 Å². The molecule has 0 rings (SSSR count). The molecule has 2 atom stereocenters. The Morgan fingerprint density at radius 3 is 2.17 bits per heavy atom. The maximum absolute atomic E-state index is 11.5. The maximum atomic E-state index is 11.5. The van der Waals surface area contributed by atoms with Crippen molar-refractivity contribution >= 4 is 22.0 Å². The van der Waals surface area contributed by atoms with Gasteiger partial charge in [0.2, 0.25) is 5.91 Å². The van der Waals surface area contributed by atoms with E-state index in [1.807, 2.05) is 0 Å². The van der Waals surface area contributed by atoms with E-state index in [9.17, 15) is 18.0 Å². The number of hydrogen-bond acceptors (Lipinski definition) is 7. The molecule has 0 aliphatic heterocycles. The van der Waals surface area contributed by atoms with E-state index in [0.29, 0.717) is 0 Å². The quantitative estimate of drug-likeness (QED) is 0.455. The molecule has 9 heteroatoms. The van der Waals surface area contributed by atoms with Crippen molar-refractivity contribution in [3.05, 3.63) is 0 Å². The van der Waals surface area contributed by atoms with Crippen LogP contribution in [-0.4, -0.2) is 59.5 Å². The van der Waals surface area contributed by atoms with Crippen LogP contribution in [0.15, 0.2) is 0 Å². The molecular formula is C9H17NO7S. The number of methoxy groups -OCH3 is 2. The molecule has 0 heterocycles. The monoisotopic (exact) mass is 283 g/mol. The lowest BCUT2D eigenvalue weighted by Gasteiger charge is -2.24. The van der Waals surface area contributed by atoms with Crippen molar-refractivity contribution in [2.24, 2.45) is 0 Å². The van der Waals surface area contributed by atoms with E-state index in [1.54, 1.807) is 0 Å². The Morgan fingerprint density at radius 2 is 1.83 bits per heavy atom. The molecule has 0 aromatic heterocycles. The summed E-state index contributed by atoms with van der Waals surface area (Å²) in [6, 6.07) is -1.26. The molecule has 0 bridgehead atoms. The number of esters is 1. The van der Waals surface area contributed by atoms with Gasteiger partial charge >= 0.3 is 5.97 Å². The summed E-state index contributed by atoms with van der Waals surface area (Å²) in [6.45, 7) is 0.980. The van der Waals surface area contributed by atoms with Crippen LogP contribution >= 0.6 is 0 Å². The molecule has 0 aromatic rings. The normalized spacial score (nSPS) is 14.7. The SMILES string of the molecule is COCC(OS(C)(=O)=O)C(NC(C)=O)C(=O)OC. The number of ether oxygens (including phenoxy) is 2. The van der Waals surface area contributed by atoms with Gasteiger partial charge in [-0.25, -0.2) is 4.79 Å². The first-order valence-corrected chi connectivity index (χ1v) is 6.75. The summed E-state index contributed by atoms with van der Waals surface area (Å²) >= 11 is 0. The van der Waals surface area contributed by atoms with E-state index in [4.69, 9.17) is 8.92 Å². The first kappa shape index (κ1) is 16.8. The smallest absolute Gasteiger partial charge is 0.331 e. The largest absolute Gasteiger partial charge is 0.467 e. The third-order valence-corrected chi connectivity index (χ3v) is 2.41. The lowest BCUT2D eigenvalue weighted by atomic mass is 10.1. The molecule has 106 valence electrons. The Morgan fingerprint density at radius 1 is 1.28 bits per heavy atom. The maximum Gasteiger partial charge on any atom is 0.331 e. The van der Waals surface area contributed by atoms with Crippen molar-refractivity contribution in [3.8, 4) is 0 Å². The van der Waals surface area contributed by atoms with Crippen LogP contribution in [0.5, 0.6) is 0 Å². The Balaban J connectivity index is 5.07. The van der Waals surface area contributed by atoms with Crippen LogP contribution in [0.3, 0.4) is 0 Å². The van der Waals surface area contributed by atoms with E-state index in [0.717, 1.165) is 13.4 Å². The summed E-state index contributed by atoms with van der Waals surface area (Å²) < 4.78 is 36.1. The lowest BCUT2D eigenvalue weighted by molar-refractivity contribution is -0.148. The zero-order chi connectivity index (χ0) is 14.3. The molecule has 2 unspecified atom stereocenters. The van der Waals surface area contributed by atoms with Gasteiger partial charge in [-0.1, -0.05) is 0 Å². The van der Waals surface area contributed by atoms with Crippen LogP contribution in [-0.2, 0) is 33.4 Å². The van der Waals surface area contributed by atoms with E-state index < -0.39 is 34.1 Å². The molecular weight excluding hydrogens is 266 g/mol. The van der Waals surface area contributed by atoms with Gasteiger partial charge in [0.1, 0.15) is 6.10 Å². The van der Waals surface area contributed by atoms with Crippen LogP contribution in [0.25, 0.3) is 0 Å². The van der Waals surface area contributed by atoms with Crippen molar-refractivity contribution in [3.63, 3.8) is 0 Å². The van der Waals surface area contributed by atoms with Crippen LogP contribution < -0.4 is 5.32 Å². The fraction of sp³-hybridized carbons (Fsp3) is 0.778. The third kappa shape index (κ3) is 6.52. The molecule has 0 aliphatic carbocycles. The summed E-state index contributed by atoms with van der Waals surface area (Å²) in [7, 11) is -1.39. The second-order valence-corrected chi connectivity index (χ2v) is 5.10. The third-order valence-electron chi connectivity index (χ3n) is 1.81. The van der Waals surface area contributed by atoms with E-state index in [2.05, 4.69) is 10.1 Å². The standard InChI is InChI=1S/C9H17NO7S/c1-6(11)10-8(9(12)16-3)7(5-15-2)17-18(4,13)14/h7-8H,5H2,1-4H3,(H,10,11). The van der Waals surface area contributed by atoms with Crippen LogP contribution in [0.1, 0.15) is 6.92 Å². The van der Waals surface area contributed by atoms with Crippen LogP contribution in [0.4, 0.5) is 0 Å². The zero-order valence-corrected chi connectivity index (χ0v) is 11.4. The molecule has 0 saturated heterocycles. The Kier molecular flexibility index (Phi) is 6.81. The fourth-order valence-corrected chi connectivity index (χ4v) is 1.83. The number of amides is 1. The predicted molar refractivity (Wildman–Crippen MR) is 61.2 cm³/mol. The molecule has 1 N–H and O–H groups in total. The number of rotatable bonds is 7. The molecule has 0 spiro atoms. The molecule has 1 amide bonds. The van der Waals surface area contributed by atoms with Gasteiger partial charge in [-0.05, 0) is 0 Å². The topological polar surface area (TPSA) is 108 Å². The van der Waals surface area contributed by atoms with Gasteiger partial charge in [0.25, 0.3) is 10.1 Å². The highest BCUT2D eigenvalue weighted by Gasteiger charge is 2.33. The highest BCUT2D eigenvalue weighted by Crippen LogP contribution is 2.06. The minimum absolute atomic E-state index is 0.201. The lowest BCUT2D eigenvalue weighted by Crippen LogP contribution is -2.51. The summed E-state index contributed by atoms with van der Waals surface area (Å²) in [5.74, 6) is -1.35.